The van der Waals surface area contributed by atoms with Crippen LogP contribution in [0.15, 0.2) is 24.3 Å². The number of amides is 2. The van der Waals surface area contributed by atoms with Gasteiger partial charge in [0.25, 0.3) is 5.91 Å². The Bertz CT molecular complexity index is 568. The number of nitrogens with one attached hydrogen (secondary N) is 1. The van der Waals surface area contributed by atoms with Crippen LogP contribution in [0.5, 0.6) is 5.75 Å². The Kier molecular flexibility index (Phi) is 4.61. The number of hydrogen-bond donors (Lipinski definition) is 2. The molecular formula is C15H16N2O3. The van der Waals surface area contributed by atoms with Crippen LogP contribution in [0, 0.1) is 17.8 Å². The van der Waals surface area contributed by atoms with Crippen LogP contribution >= 0.6 is 0 Å². The number of primary amides is 1. The molecule has 20 heavy (non-hydrogen) atoms. The van der Waals surface area contributed by atoms with Crippen LogP contribution < -0.4 is 15.8 Å². The topological polar surface area (TPSA) is 81.4 Å². The smallest absolute Gasteiger partial charge is 0.252 e. The van der Waals surface area contributed by atoms with Gasteiger partial charge in [0.15, 0.2) is 0 Å². The number of hydrogen-bond acceptors (Lipinski definition) is 3. The predicted octanol–water partition coefficient (Wildman–Crippen LogP) is 0.694. The van der Waals surface area contributed by atoms with Crippen molar-refractivity contribution >= 4 is 11.8 Å². The number of carbonyl (C=O) groups is 2. The minimum absolute atomic E-state index is 0.0688. The fourth-order valence-corrected chi connectivity index (χ4v) is 1.64. The zero-order chi connectivity index (χ0) is 14.4. The van der Waals surface area contributed by atoms with E-state index in [0.29, 0.717) is 17.9 Å². The van der Waals surface area contributed by atoms with Crippen LogP contribution in [0.4, 0.5) is 0 Å². The highest BCUT2D eigenvalue weighted by molar-refractivity contribution is 5.95. The molecule has 2 rings (SSSR count). The minimum Gasteiger partial charge on any atom is -0.480 e. The molecule has 1 aromatic carbocycles. The van der Waals surface area contributed by atoms with Crippen molar-refractivity contribution in [2.45, 2.75) is 12.8 Å². The second-order valence-electron chi connectivity index (χ2n) is 4.49. The molecule has 104 valence electrons. The summed E-state index contributed by atoms with van der Waals surface area (Å²) < 4.78 is 5.38. The molecule has 1 fully saturated rings. The Morgan fingerprint density at radius 1 is 1.30 bits per heavy atom. The molecular weight excluding hydrogens is 256 g/mol. The first-order valence-corrected chi connectivity index (χ1v) is 6.43. The van der Waals surface area contributed by atoms with Gasteiger partial charge in [-0.3, -0.25) is 9.59 Å². The van der Waals surface area contributed by atoms with Gasteiger partial charge in [-0.2, -0.15) is 0 Å². The average Bonchev–Trinajstić information content (AvgIpc) is 3.27. The molecule has 0 aromatic heterocycles. The van der Waals surface area contributed by atoms with Gasteiger partial charge in [-0.15, -0.1) is 0 Å². The van der Waals surface area contributed by atoms with E-state index >= 15 is 0 Å². The summed E-state index contributed by atoms with van der Waals surface area (Å²) >= 11 is 0. The Hall–Kier alpha value is -2.48. The number of para-hydroxylation sites is 1. The summed E-state index contributed by atoms with van der Waals surface area (Å²) in [5.41, 5.74) is 5.56. The van der Waals surface area contributed by atoms with Crippen molar-refractivity contribution in [3.05, 3.63) is 29.8 Å². The van der Waals surface area contributed by atoms with Crippen molar-refractivity contribution in [2.75, 3.05) is 13.2 Å². The van der Waals surface area contributed by atoms with E-state index in [1.165, 1.54) is 0 Å². The summed E-state index contributed by atoms with van der Waals surface area (Å²) in [6.07, 6.45) is 1.96. The molecule has 5 heteroatoms. The summed E-state index contributed by atoms with van der Waals surface area (Å²) in [5.74, 6) is 5.71. The number of rotatable bonds is 5. The molecule has 1 saturated carbocycles. The van der Waals surface area contributed by atoms with Crippen molar-refractivity contribution < 1.29 is 14.3 Å². The normalized spacial score (nSPS) is 13.0. The van der Waals surface area contributed by atoms with E-state index in [0.717, 1.165) is 12.8 Å². The Balaban J connectivity index is 1.75. The van der Waals surface area contributed by atoms with E-state index in [1.807, 2.05) is 0 Å². The molecule has 0 spiro atoms. The zero-order valence-electron chi connectivity index (χ0n) is 11.0. The Morgan fingerprint density at radius 3 is 2.75 bits per heavy atom. The number of ether oxygens (including phenoxy) is 1. The van der Waals surface area contributed by atoms with Crippen molar-refractivity contribution in [1.29, 1.82) is 0 Å². The first kappa shape index (κ1) is 13.9. The molecule has 1 aliphatic carbocycles. The van der Waals surface area contributed by atoms with Crippen molar-refractivity contribution in [1.82, 2.24) is 5.32 Å². The highest BCUT2D eigenvalue weighted by atomic mass is 16.5. The van der Waals surface area contributed by atoms with Gasteiger partial charge in [0.05, 0.1) is 12.1 Å². The third-order valence-corrected chi connectivity index (χ3v) is 2.88. The predicted molar refractivity (Wildman–Crippen MR) is 74.0 cm³/mol. The lowest BCUT2D eigenvalue weighted by Crippen LogP contribution is -2.24. The maximum absolute atomic E-state index is 11.3. The monoisotopic (exact) mass is 272 g/mol. The summed E-state index contributed by atoms with van der Waals surface area (Å²) in [5, 5.41) is 2.73. The van der Waals surface area contributed by atoms with Gasteiger partial charge >= 0.3 is 0 Å². The van der Waals surface area contributed by atoms with Gasteiger partial charge in [-0.25, -0.2) is 0 Å². The van der Waals surface area contributed by atoms with E-state index in [-0.39, 0.29) is 18.4 Å². The molecule has 1 aromatic rings. The average molecular weight is 272 g/mol. The second kappa shape index (κ2) is 6.62. The third-order valence-electron chi connectivity index (χ3n) is 2.88. The number of nitrogens with two attached hydrogens (primary N) is 1. The zero-order valence-corrected chi connectivity index (χ0v) is 11.0. The van der Waals surface area contributed by atoms with Crippen molar-refractivity contribution in [2.24, 2.45) is 11.7 Å². The van der Waals surface area contributed by atoms with Gasteiger partial charge < -0.3 is 15.8 Å². The number of benzene rings is 1. The molecule has 0 heterocycles. The van der Waals surface area contributed by atoms with E-state index in [9.17, 15) is 9.59 Å². The van der Waals surface area contributed by atoms with E-state index in [4.69, 9.17) is 10.5 Å². The summed E-state index contributed by atoms with van der Waals surface area (Å²) in [4.78, 5) is 22.5. The van der Waals surface area contributed by atoms with Gasteiger partial charge in [-0.05, 0) is 25.0 Å². The highest BCUT2D eigenvalue weighted by Gasteiger charge is 2.28. The lowest BCUT2D eigenvalue weighted by atomic mass is 10.2. The summed E-state index contributed by atoms with van der Waals surface area (Å²) in [7, 11) is 0. The molecule has 5 nitrogen and oxygen atoms in total. The van der Waals surface area contributed by atoms with Crippen LogP contribution in [-0.4, -0.2) is 25.0 Å². The maximum atomic E-state index is 11.3. The molecule has 0 bridgehead atoms. The maximum Gasteiger partial charge on any atom is 0.252 e. The largest absolute Gasteiger partial charge is 0.480 e. The molecule has 0 unspecified atom stereocenters. The van der Waals surface area contributed by atoms with Crippen molar-refractivity contribution in [3.8, 4) is 17.6 Å². The van der Waals surface area contributed by atoms with Crippen molar-refractivity contribution in [3.63, 3.8) is 0 Å². The Labute approximate surface area is 117 Å². The molecule has 0 aliphatic heterocycles. The molecule has 0 radical (unpaired) electrons. The molecule has 2 amide bonds. The standard InChI is InChI=1S/C15H16N2O3/c16-14(18)12-5-1-2-6-13(12)20-10-4-3-9-17-15(19)11-7-8-11/h1-2,5-6,11H,7-10H2,(H2,16,18)(H,17,19). The quantitative estimate of drug-likeness (QED) is 0.774. The van der Waals surface area contributed by atoms with Gasteiger partial charge in [0.2, 0.25) is 5.91 Å². The van der Waals surface area contributed by atoms with Crippen LogP contribution in [0.2, 0.25) is 0 Å². The van der Waals surface area contributed by atoms with Gasteiger partial charge in [0, 0.05) is 5.92 Å². The second-order valence-corrected chi connectivity index (χ2v) is 4.49. The molecule has 3 N–H and O–H groups in total. The van der Waals surface area contributed by atoms with E-state index < -0.39 is 5.91 Å². The Morgan fingerprint density at radius 2 is 2.05 bits per heavy atom. The third kappa shape index (κ3) is 4.02. The minimum atomic E-state index is -0.537. The SMILES string of the molecule is NC(=O)c1ccccc1OCC#CCNC(=O)C1CC1. The van der Waals surface area contributed by atoms with E-state index in [1.54, 1.807) is 24.3 Å². The molecule has 0 saturated heterocycles. The first-order chi connectivity index (χ1) is 9.68. The summed E-state index contributed by atoms with van der Waals surface area (Å²) in [6.45, 7) is 0.458. The fourth-order valence-electron chi connectivity index (χ4n) is 1.64. The lowest BCUT2D eigenvalue weighted by molar-refractivity contribution is -0.122. The van der Waals surface area contributed by atoms with E-state index in [2.05, 4.69) is 17.2 Å². The van der Waals surface area contributed by atoms with Crippen LogP contribution in [-0.2, 0) is 4.79 Å². The number of carbonyl (C=O) groups excluding carboxylic acids is 2. The van der Waals surface area contributed by atoms with Crippen LogP contribution in [0.25, 0.3) is 0 Å². The fraction of sp³-hybridized carbons (Fsp3) is 0.333. The first-order valence-electron chi connectivity index (χ1n) is 6.43. The lowest BCUT2D eigenvalue weighted by Gasteiger charge is -2.05. The van der Waals surface area contributed by atoms with Crippen LogP contribution in [0.3, 0.4) is 0 Å². The molecule has 1 aliphatic rings. The van der Waals surface area contributed by atoms with Gasteiger partial charge in [0.1, 0.15) is 12.4 Å². The van der Waals surface area contributed by atoms with Crippen LogP contribution in [0.1, 0.15) is 23.2 Å². The molecule has 0 atom stereocenters. The van der Waals surface area contributed by atoms with Gasteiger partial charge in [-0.1, -0.05) is 24.0 Å². The highest BCUT2D eigenvalue weighted by Crippen LogP contribution is 2.28. The summed E-state index contributed by atoms with van der Waals surface area (Å²) in [6, 6.07) is 6.73.